The number of carbonyl (C=O) groups excluding carboxylic acids is 1. The second-order valence-electron chi connectivity index (χ2n) is 5.15. The van der Waals surface area contributed by atoms with E-state index >= 15 is 0 Å². The van der Waals surface area contributed by atoms with Crippen LogP contribution in [0.5, 0.6) is 0 Å². The van der Waals surface area contributed by atoms with Crippen molar-refractivity contribution in [1.82, 2.24) is 14.9 Å². The van der Waals surface area contributed by atoms with Gasteiger partial charge in [-0.1, -0.05) is 6.92 Å². The SMILES string of the molecule is CCCNCC(=O)N1CCCC(CNS(C)(=O)=O)C1. The number of nitrogens with zero attached hydrogens (tertiary/aromatic N) is 1. The fourth-order valence-corrected chi connectivity index (χ4v) is 2.75. The summed E-state index contributed by atoms with van der Waals surface area (Å²) in [7, 11) is -3.14. The highest BCUT2D eigenvalue weighted by Crippen LogP contribution is 2.15. The number of piperidine rings is 1. The van der Waals surface area contributed by atoms with Crippen LogP contribution < -0.4 is 10.0 Å². The first-order valence-corrected chi connectivity index (χ1v) is 8.74. The molecule has 1 heterocycles. The Morgan fingerprint density at radius 3 is 2.79 bits per heavy atom. The van der Waals surface area contributed by atoms with E-state index in [1.54, 1.807) is 0 Å². The number of nitrogens with one attached hydrogen (secondary N) is 2. The molecule has 19 heavy (non-hydrogen) atoms. The first-order valence-electron chi connectivity index (χ1n) is 6.85. The molecule has 0 aliphatic carbocycles. The number of likely N-dealkylation sites (tertiary alicyclic amines) is 1. The van der Waals surface area contributed by atoms with Crippen molar-refractivity contribution in [3.63, 3.8) is 0 Å². The van der Waals surface area contributed by atoms with E-state index in [1.807, 2.05) is 4.90 Å². The van der Waals surface area contributed by atoms with E-state index in [0.717, 1.165) is 38.6 Å². The molecule has 0 aromatic rings. The zero-order chi connectivity index (χ0) is 14.3. The van der Waals surface area contributed by atoms with E-state index in [0.29, 0.717) is 19.6 Å². The van der Waals surface area contributed by atoms with Gasteiger partial charge >= 0.3 is 0 Å². The van der Waals surface area contributed by atoms with Gasteiger partial charge in [-0.25, -0.2) is 13.1 Å². The Bertz CT molecular complexity index is 384. The predicted octanol–water partition coefficient (Wildman–Crippen LogP) is -0.226. The van der Waals surface area contributed by atoms with Crippen LogP contribution in [0.4, 0.5) is 0 Å². The van der Waals surface area contributed by atoms with Crippen molar-refractivity contribution in [2.24, 2.45) is 5.92 Å². The highest BCUT2D eigenvalue weighted by Gasteiger charge is 2.23. The third kappa shape index (κ3) is 6.89. The van der Waals surface area contributed by atoms with E-state index in [1.165, 1.54) is 0 Å². The zero-order valence-corrected chi connectivity index (χ0v) is 12.6. The Labute approximate surface area is 116 Å². The van der Waals surface area contributed by atoms with E-state index in [4.69, 9.17) is 0 Å². The summed E-state index contributed by atoms with van der Waals surface area (Å²) in [6.07, 6.45) is 4.08. The maximum absolute atomic E-state index is 11.9. The molecule has 0 bridgehead atoms. The number of sulfonamides is 1. The lowest BCUT2D eigenvalue weighted by Crippen LogP contribution is -2.46. The van der Waals surface area contributed by atoms with Crippen LogP contribution in [0.25, 0.3) is 0 Å². The maximum atomic E-state index is 11.9. The minimum absolute atomic E-state index is 0.109. The van der Waals surface area contributed by atoms with Crippen molar-refractivity contribution in [3.05, 3.63) is 0 Å². The van der Waals surface area contributed by atoms with Crippen molar-refractivity contribution in [1.29, 1.82) is 0 Å². The first kappa shape index (κ1) is 16.4. The van der Waals surface area contributed by atoms with Gasteiger partial charge in [-0.2, -0.15) is 0 Å². The van der Waals surface area contributed by atoms with Crippen molar-refractivity contribution < 1.29 is 13.2 Å². The average molecular weight is 291 g/mol. The molecule has 0 radical (unpaired) electrons. The van der Waals surface area contributed by atoms with E-state index in [9.17, 15) is 13.2 Å². The van der Waals surface area contributed by atoms with Gasteiger partial charge in [0.2, 0.25) is 15.9 Å². The topological polar surface area (TPSA) is 78.5 Å². The molecule has 1 saturated heterocycles. The monoisotopic (exact) mass is 291 g/mol. The van der Waals surface area contributed by atoms with Crippen LogP contribution in [-0.4, -0.2) is 58.2 Å². The Balaban J connectivity index is 2.34. The van der Waals surface area contributed by atoms with Crippen LogP contribution in [0.3, 0.4) is 0 Å². The van der Waals surface area contributed by atoms with Crippen LogP contribution in [0.1, 0.15) is 26.2 Å². The Morgan fingerprint density at radius 1 is 1.42 bits per heavy atom. The Hall–Kier alpha value is -0.660. The number of rotatable bonds is 7. The van der Waals surface area contributed by atoms with Crippen LogP contribution in [0, 0.1) is 5.92 Å². The Morgan fingerprint density at radius 2 is 2.16 bits per heavy atom. The molecule has 112 valence electrons. The summed E-state index contributed by atoms with van der Waals surface area (Å²) in [5, 5.41) is 3.10. The quantitative estimate of drug-likeness (QED) is 0.635. The van der Waals surface area contributed by atoms with E-state index < -0.39 is 10.0 Å². The van der Waals surface area contributed by atoms with Gasteiger partial charge in [0.25, 0.3) is 0 Å². The van der Waals surface area contributed by atoms with Crippen molar-refractivity contribution >= 4 is 15.9 Å². The molecular formula is C12H25N3O3S. The van der Waals surface area contributed by atoms with Gasteiger partial charge in [-0.15, -0.1) is 0 Å². The highest BCUT2D eigenvalue weighted by atomic mass is 32.2. The van der Waals surface area contributed by atoms with Crippen molar-refractivity contribution in [3.8, 4) is 0 Å². The van der Waals surface area contributed by atoms with E-state index in [2.05, 4.69) is 17.0 Å². The summed E-state index contributed by atoms with van der Waals surface area (Å²) in [5.41, 5.74) is 0. The lowest BCUT2D eigenvalue weighted by atomic mass is 9.98. The molecular weight excluding hydrogens is 266 g/mol. The van der Waals surface area contributed by atoms with Gasteiger partial charge in [0.05, 0.1) is 12.8 Å². The van der Waals surface area contributed by atoms with E-state index in [-0.39, 0.29) is 11.8 Å². The molecule has 0 spiro atoms. The third-order valence-corrected chi connectivity index (χ3v) is 3.90. The average Bonchev–Trinajstić information content (AvgIpc) is 2.36. The van der Waals surface area contributed by atoms with Gasteiger partial charge in [-0.3, -0.25) is 4.79 Å². The molecule has 0 aromatic carbocycles. The fraction of sp³-hybridized carbons (Fsp3) is 0.917. The summed E-state index contributed by atoms with van der Waals surface area (Å²) < 4.78 is 24.6. The molecule has 1 fully saturated rings. The molecule has 1 aliphatic heterocycles. The predicted molar refractivity (Wildman–Crippen MR) is 75.3 cm³/mol. The minimum atomic E-state index is -3.14. The van der Waals surface area contributed by atoms with Crippen LogP contribution in [0.2, 0.25) is 0 Å². The maximum Gasteiger partial charge on any atom is 0.236 e. The molecule has 2 N–H and O–H groups in total. The number of hydrogen-bond acceptors (Lipinski definition) is 4. The Kier molecular flexibility index (Phi) is 6.74. The summed E-state index contributed by atoms with van der Waals surface area (Å²) >= 11 is 0. The van der Waals surface area contributed by atoms with Crippen molar-refractivity contribution in [2.75, 3.05) is 39.0 Å². The smallest absolute Gasteiger partial charge is 0.236 e. The van der Waals surface area contributed by atoms with Crippen LogP contribution in [-0.2, 0) is 14.8 Å². The largest absolute Gasteiger partial charge is 0.341 e. The van der Waals surface area contributed by atoms with Gasteiger partial charge in [0.1, 0.15) is 0 Å². The summed E-state index contributed by atoms with van der Waals surface area (Å²) in [4.78, 5) is 13.8. The fourth-order valence-electron chi connectivity index (χ4n) is 2.21. The van der Waals surface area contributed by atoms with Gasteiger partial charge < -0.3 is 10.2 Å². The summed E-state index contributed by atoms with van der Waals surface area (Å²) in [5.74, 6) is 0.330. The molecule has 1 unspecified atom stereocenters. The molecule has 0 saturated carbocycles. The lowest BCUT2D eigenvalue weighted by molar-refractivity contribution is -0.131. The minimum Gasteiger partial charge on any atom is -0.341 e. The molecule has 6 nitrogen and oxygen atoms in total. The van der Waals surface area contributed by atoms with Gasteiger partial charge in [0.15, 0.2) is 0 Å². The molecule has 1 aliphatic rings. The molecule has 1 atom stereocenters. The standard InChI is InChI=1S/C12H25N3O3S/c1-3-6-13-9-12(16)15-7-4-5-11(10-15)8-14-19(2,17)18/h11,13-14H,3-10H2,1-2H3. The van der Waals surface area contributed by atoms with Crippen LogP contribution >= 0.6 is 0 Å². The van der Waals surface area contributed by atoms with Crippen LogP contribution in [0.15, 0.2) is 0 Å². The molecule has 1 rings (SSSR count). The zero-order valence-electron chi connectivity index (χ0n) is 11.8. The molecule has 1 amide bonds. The molecule has 7 heteroatoms. The number of amides is 1. The third-order valence-electron chi connectivity index (χ3n) is 3.21. The second-order valence-corrected chi connectivity index (χ2v) is 6.98. The normalized spacial score (nSPS) is 20.5. The second kappa shape index (κ2) is 7.81. The first-order chi connectivity index (χ1) is 8.92. The lowest BCUT2D eigenvalue weighted by Gasteiger charge is -2.32. The summed E-state index contributed by atoms with van der Waals surface area (Å²) in [6, 6.07) is 0. The van der Waals surface area contributed by atoms with Gasteiger partial charge in [-0.05, 0) is 31.7 Å². The summed E-state index contributed by atoms with van der Waals surface area (Å²) in [6.45, 7) is 5.13. The highest BCUT2D eigenvalue weighted by molar-refractivity contribution is 7.88. The van der Waals surface area contributed by atoms with Crippen molar-refractivity contribution in [2.45, 2.75) is 26.2 Å². The molecule has 0 aromatic heterocycles. The number of carbonyl (C=O) groups is 1. The van der Waals surface area contributed by atoms with Gasteiger partial charge in [0, 0.05) is 19.6 Å². The number of hydrogen-bond donors (Lipinski definition) is 2.